The first-order valence-corrected chi connectivity index (χ1v) is 5.99. The zero-order valence-electron chi connectivity index (χ0n) is 9.59. The van der Waals surface area contributed by atoms with E-state index >= 15 is 0 Å². The molecule has 1 aromatic heterocycles. The zero-order valence-corrected chi connectivity index (χ0v) is 11.2. The number of carbonyl (C=O) groups excluding carboxylic acids is 2. The van der Waals surface area contributed by atoms with Crippen LogP contribution in [-0.4, -0.2) is 41.5 Å². The molecule has 1 atom stereocenters. The van der Waals surface area contributed by atoms with Gasteiger partial charge in [0.1, 0.15) is 4.60 Å². The fourth-order valence-corrected chi connectivity index (χ4v) is 2.01. The van der Waals surface area contributed by atoms with Crippen LogP contribution in [0.2, 0.25) is 0 Å². The Morgan fingerprint density at radius 2 is 2.39 bits per heavy atom. The van der Waals surface area contributed by atoms with E-state index in [1.165, 1.54) is 18.2 Å². The van der Waals surface area contributed by atoms with E-state index in [-0.39, 0.29) is 29.9 Å². The Morgan fingerprint density at radius 1 is 1.67 bits per heavy atom. The second kappa shape index (κ2) is 4.99. The second-order valence-electron chi connectivity index (χ2n) is 3.83. The van der Waals surface area contributed by atoms with Gasteiger partial charge in [-0.1, -0.05) is 0 Å². The minimum Gasteiger partial charge on any atom is -0.464 e. The number of ether oxygens (including phenoxy) is 1. The number of methoxy groups -OCH3 is 1. The highest BCUT2D eigenvalue weighted by atomic mass is 79.9. The number of carbonyl (C=O) groups is 2. The number of halogens is 1. The molecule has 0 spiro atoms. The lowest BCUT2D eigenvalue weighted by Gasteiger charge is -2.16. The van der Waals surface area contributed by atoms with Crippen LogP contribution in [0.15, 0.2) is 10.8 Å². The standard InChI is InChI=1S/C10H11BrN4O3/c1-18-10(17)8-9(13-3-6(11)14-8)15-4-5(12)2-7(15)16/h3,5H,2,4,12H2,1H3. The number of anilines is 1. The molecule has 1 aromatic rings. The highest BCUT2D eigenvalue weighted by Gasteiger charge is 2.32. The molecule has 2 N–H and O–H groups in total. The molecule has 1 aliphatic heterocycles. The molecule has 2 rings (SSSR count). The maximum Gasteiger partial charge on any atom is 0.360 e. The van der Waals surface area contributed by atoms with Crippen LogP contribution in [0.5, 0.6) is 0 Å². The average Bonchev–Trinajstić information content (AvgIpc) is 2.67. The van der Waals surface area contributed by atoms with Gasteiger partial charge in [-0.15, -0.1) is 0 Å². The zero-order chi connectivity index (χ0) is 13.3. The lowest BCUT2D eigenvalue weighted by Crippen LogP contribution is -2.30. The van der Waals surface area contributed by atoms with Crippen molar-refractivity contribution in [1.29, 1.82) is 0 Å². The van der Waals surface area contributed by atoms with Crippen molar-refractivity contribution in [3.63, 3.8) is 0 Å². The van der Waals surface area contributed by atoms with Crippen LogP contribution in [0, 0.1) is 0 Å². The molecule has 0 radical (unpaired) electrons. The Bertz CT molecular complexity index is 508. The van der Waals surface area contributed by atoms with Crippen molar-refractivity contribution in [1.82, 2.24) is 9.97 Å². The lowest BCUT2D eigenvalue weighted by molar-refractivity contribution is -0.117. The summed E-state index contributed by atoms with van der Waals surface area (Å²) in [4.78, 5) is 32.8. The van der Waals surface area contributed by atoms with Gasteiger partial charge < -0.3 is 10.5 Å². The number of amides is 1. The van der Waals surface area contributed by atoms with Crippen LogP contribution >= 0.6 is 15.9 Å². The number of esters is 1. The van der Waals surface area contributed by atoms with Crippen molar-refractivity contribution in [3.05, 3.63) is 16.5 Å². The van der Waals surface area contributed by atoms with E-state index in [4.69, 9.17) is 5.73 Å². The van der Waals surface area contributed by atoms with Crippen LogP contribution in [0.25, 0.3) is 0 Å². The Labute approximate surface area is 111 Å². The Morgan fingerprint density at radius 3 is 2.94 bits per heavy atom. The molecular formula is C10H11BrN4O3. The van der Waals surface area contributed by atoms with Crippen molar-refractivity contribution in [3.8, 4) is 0 Å². The first kappa shape index (κ1) is 12.9. The van der Waals surface area contributed by atoms with Crippen molar-refractivity contribution < 1.29 is 14.3 Å². The molecule has 0 saturated carbocycles. The van der Waals surface area contributed by atoms with Gasteiger partial charge in [-0.25, -0.2) is 14.8 Å². The minimum atomic E-state index is -0.646. The summed E-state index contributed by atoms with van der Waals surface area (Å²) in [6, 6.07) is -0.256. The van der Waals surface area contributed by atoms with Gasteiger partial charge >= 0.3 is 5.97 Å². The Kier molecular flexibility index (Phi) is 3.58. The third-order valence-electron chi connectivity index (χ3n) is 2.51. The highest BCUT2D eigenvalue weighted by Crippen LogP contribution is 2.23. The van der Waals surface area contributed by atoms with Crippen molar-refractivity contribution in [2.24, 2.45) is 5.73 Å². The summed E-state index contributed by atoms with van der Waals surface area (Å²) in [5, 5.41) is 0. The van der Waals surface area contributed by atoms with E-state index in [9.17, 15) is 9.59 Å². The minimum absolute atomic E-state index is 0.00525. The van der Waals surface area contributed by atoms with Gasteiger partial charge in [-0.2, -0.15) is 0 Å². The molecule has 1 saturated heterocycles. The van der Waals surface area contributed by atoms with E-state index < -0.39 is 5.97 Å². The predicted octanol–water partition coefficient (Wildman–Crippen LogP) is 0.0897. The molecule has 0 aromatic carbocycles. The van der Waals surface area contributed by atoms with Crippen molar-refractivity contribution in [2.45, 2.75) is 12.5 Å². The quantitative estimate of drug-likeness (QED) is 0.777. The Hall–Kier alpha value is -1.54. The van der Waals surface area contributed by atoms with Crippen molar-refractivity contribution in [2.75, 3.05) is 18.6 Å². The fraction of sp³-hybridized carbons (Fsp3) is 0.400. The van der Waals surface area contributed by atoms with Gasteiger partial charge in [0.2, 0.25) is 5.91 Å². The summed E-state index contributed by atoms with van der Waals surface area (Å²) in [5.74, 6) is -0.639. The number of hydrogen-bond acceptors (Lipinski definition) is 6. The normalized spacial score (nSPS) is 19.2. The first-order chi connectivity index (χ1) is 8.52. The lowest BCUT2D eigenvalue weighted by atomic mass is 10.3. The molecule has 7 nitrogen and oxygen atoms in total. The SMILES string of the molecule is COC(=O)c1nc(Br)cnc1N1CC(N)CC1=O. The molecular weight excluding hydrogens is 304 g/mol. The topological polar surface area (TPSA) is 98.4 Å². The highest BCUT2D eigenvalue weighted by molar-refractivity contribution is 9.10. The third-order valence-corrected chi connectivity index (χ3v) is 2.90. The van der Waals surface area contributed by atoms with Gasteiger partial charge in [0.05, 0.1) is 13.3 Å². The molecule has 96 valence electrons. The van der Waals surface area contributed by atoms with E-state index in [0.29, 0.717) is 11.1 Å². The van der Waals surface area contributed by atoms with Crippen LogP contribution in [0.3, 0.4) is 0 Å². The Balaban J connectivity index is 2.44. The average molecular weight is 315 g/mol. The molecule has 1 unspecified atom stereocenters. The number of hydrogen-bond donors (Lipinski definition) is 1. The summed E-state index contributed by atoms with van der Waals surface area (Å²) in [7, 11) is 1.24. The largest absolute Gasteiger partial charge is 0.464 e. The second-order valence-corrected chi connectivity index (χ2v) is 4.64. The van der Waals surface area contributed by atoms with E-state index in [2.05, 4.69) is 30.6 Å². The molecule has 1 fully saturated rings. The van der Waals surface area contributed by atoms with Gasteiger partial charge in [0.15, 0.2) is 11.5 Å². The maximum absolute atomic E-state index is 11.7. The monoisotopic (exact) mass is 314 g/mol. The van der Waals surface area contributed by atoms with Gasteiger partial charge in [0, 0.05) is 19.0 Å². The number of nitrogens with two attached hydrogens (primary N) is 1. The first-order valence-electron chi connectivity index (χ1n) is 5.19. The molecule has 8 heteroatoms. The van der Waals surface area contributed by atoms with Crippen LogP contribution in [-0.2, 0) is 9.53 Å². The third kappa shape index (κ3) is 2.34. The van der Waals surface area contributed by atoms with Crippen molar-refractivity contribution >= 4 is 33.6 Å². The smallest absolute Gasteiger partial charge is 0.360 e. The van der Waals surface area contributed by atoms with E-state index in [1.54, 1.807) is 0 Å². The van der Waals surface area contributed by atoms with Gasteiger partial charge in [-0.05, 0) is 15.9 Å². The van der Waals surface area contributed by atoms with E-state index in [1.807, 2.05) is 0 Å². The fourth-order valence-electron chi connectivity index (χ4n) is 1.73. The summed E-state index contributed by atoms with van der Waals surface area (Å²) >= 11 is 3.12. The number of nitrogens with zero attached hydrogens (tertiary/aromatic N) is 3. The number of aromatic nitrogens is 2. The summed E-state index contributed by atoms with van der Waals surface area (Å²) in [5.41, 5.74) is 5.70. The molecule has 0 bridgehead atoms. The van der Waals surface area contributed by atoms with E-state index in [0.717, 1.165) is 0 Å². The van der Waals surface area contributed by atoms with Crippen LogP contribution < -0.4 is 10.6 Å². The summed E-state index contributed by atoms with van der Waals surface area (Å²) in [6.45, 7) is 0.319. The molecule has 18 heavy (non-hydrogen) atoms. The molecule has 1 amide bonds. The van der Waals surface area contributed by atoms with Gasteiger partial charge in [-0.3, -0.25) is 9.69 Å². The summed E-state index contributed by atoms with van der Waals surface area (Å²) in [6.07, 6.45) is 1.65. The van der Waals surface area contributed by atoms with Crippen LogP contribution in [0.4, 0.5) is 5.82 Å². The van der Waals surface area contributed by atoms with Crippen LogP contribution in [0.1, 0.15) is 16.9 Å². The maximum atomic E-state index is 11.7. The van der Waals surface area contributed by atoms with Gasteiger partial charge in [0.25, 0.3) is 0 Å². The molecule has 2 heterocycles. The predicted molar refractivity (Wildman–Crippen MR) is 66.0 cm³/mol. The molecule has 1 aliphatic rings. The molecule has 0 aliphatic carbocycles. The number of rotatable bonds is 2. The summed E-state index contributed by atoms with van der Waals surface area (Å²) < 4.78 is 5.01.